The van der Waals surface area contributed by atoms with Gasteiger partial charge in [-0.1, -0.05) is 12.1 Å². The smallest absolute Gasteiger partial charge is 0.261 e. The molecule has 2 aliphatic carbocycles. The van der Waals surface area contributed by atoms with Gasteiger partial charge in [0.05, 0.1) is 11.4 Å². The molecule has 1 aromatic heterocycles. The third-order valence-electron chi connectivity index (χ3n) is 7.80. The standard InChI is InChI=1S/C29H25FN4O2S2/c1-17-14-20(8-9-24(17)31-2)33-27(36)29(11-3-12-29)34(28(33)37)21-7-6-19(23(30)15-21)16-32-26(35)25-22(10-13-38-25)18-4-5-18/h6-10,13-15,18H,3-5,11-12,16H2,1H3,(H,32,35). The Morgan fingerprint density at radius 1 is 1.21 bits per heavy atom. The molecule has 0 radical (unpaired) electrons. The van der Waals surface area contributed by atoms with Crippen molar-refractivity contribution in [2.45, 2.75) is 57.0 Å². The topological polar surface area (TPSA) is 57.0 Å². The van der Waals surface area contributed by atoms with Gasteiger partial charge in [-0.15, -0.1) is 11.3 Å². The van der Waals surface area contributed by atoms with E-state index in [9.17, 15) is 9.59 Å². The fraction of sp³-hybridized carbons (Fsp3) is 0.310. The first-order chi connectivity index (χ1) is 18.3. The van der Waals surface area contributed by atoms with E-state index in [1.165, 1.54) is 22.3 Å². The minimum atomic E-state index is -0.829. The third kappa shape index (κ3) is 3.91. The molecule has 2 aromatic carbocycles. The molecule has 3 aliphatic rings. The van der Waals surface area contributed by atoms with Crippen LogP contribution in [-0.4, -0.2) is 22.5 Å². The summed E-state index contributed by atoms with van der Waals surface area (Å²) in [7, 11) is 0. The fourth-order valence-electron chi connectivity index (χ4n) is 5.41. The predicted molar refractivity (Wildman–Crippen MR) is 150 cm³/mol. The van der Waals surface area contributed by atoms with E-state index in [-0.39, 0.29) is 18.4 Å². The normalized spacial score (nSPS) is 18.0. The van der Waals surface area contributed by atoms with Gasteiger partial charge in [0.2, 0.25) is 0 Å². The van der Waals surface area contributed by atoms with Crippen LogP contribution in [-0.2, 0) is 11.3 Å². The van der Waals surface area contributed by atoms with Gasteiger partial charge in [0.15, 0.2) is 10.8 Å². The second-order valence-corrected chi connectivity index (χ2v) is 11.4. The van der Waals surface area contributed by atoms with E-state index < -0.39 is 11.4 Å². The van der Waals surface area contributed by atoms with E-state index in [1.807, 2.05) is 18.4 Å². The SMILES string of the molecule is [C-]#[N+]c1ccc(N2C(=O)C3(CCC3)N(c3ccc(CNC(=O)c4sccc4C4CC4)c(F)c3)C2=S)cc1C. The highest BCUT2D eigenvalue weighted by Crippen LogP contribution is 2.48. The summed E-state index contributed by atoms with van der Waals surface area (Å²) >= 11 is 7.21. The quantitative estimate of drug-likeness (QED) is 0.280. The molecule has 3 aromatic rings. The Kier molecular flexibility index (Phi) is 6.04. The summed E-state index contributed by atoms with van der Waals surface area (Å²) in [5.74, 6) is -0.294. The van der Waals surface area contributed by atoms with Gasteiger partial charge in [-0.3, -0.25) is 14.5 Å². The number of hydrogen-bond acceptors (Lipinski definition) is 4. The van der Waals surface area contributed by atoms with E-state index in [0.29, 0.717) is 51.4 Å². The maximum Gasteiger partial charge on any atom is 0.261 e. The van der Waals surface area contributed by atoms with Crippen LogP contribution in [0.1, 0.15) is 64.4 Å². The summed E-state index contributed by atoms with van der Waals surface area (Å²) in [6, 6.07) is 12.0. The van der Waals surface area contributed by atoms with Crippen LogP contribution < -0.4 is 15.1 Å². The largest absolute Gasteiger partial charge is 0.347 e. The molecule has 0 atom stereocenters. The minimum absolute atomic E-state index is 0.0697. The van der Waals surface area contributed by atoms with Crippen molar-refractivity contribution in [3.05, 3.63) is 86.6 Å². The molecule has 2 amide bonds. The number of nitrogens with one attached hydrogen (secondary N) is 1. The van der Waals surface area contributed by atoms with Gasteiger partial charge in [0.1, 0.15) is 11.4 Å². The number of anilines is 2. The van der Waals surface area contributed by atoms with E-state index in [2.05, 4.69) is 10.2 Å². The lowest BCUT2D eigenvalue weighted by Gasteiger charge is -2.43. The molecule has 9 heteroatoms. The Bertz CT molecular complexity index is 1530. The Labute approximate surface area is 229 Å². The molecule has 1 aliphatic heterocycles. The second-order valence-electron chi connectivity index (χ2n) is 10.2. The molecule has 38 heavy (non-hydrogen) atoms. The number of nitrogens with zero attached hydrogens (tertiary/aromatic N) is 3. The zero-order valence-electron chi connectivity index (χ0n) is 20.8. The van der Waals surface area contributed by atoms with Crippen molar-refractivity contribution in [2.75, 3.05) is 9.80 Å². The highest BCUT2D eigenvalue weighted by atomic mass is 32.1. The number of thiocarbonyl (C=S) groups is 1. The number of halogens is 1. The van der Waals surface area contributed by atoms with Crippen molar-refractivity contribution in [3.8, 4) is 0 Å². The fourth-order valence-corrected chi connectivity index (χ4v) is 6.78. The number of carbonyl (C=O) groups is 2. The van der Waals surface area contributed by atoms with E-state index in [4.69, 9.17) is 18.8 Å². The van der Waals surface area contributed by atoms with Crippen LogP contribution in [0.2, 0.25) is 0 Å². The van der Waals surface area contributed by atoms with Crippen molar-refractivity contribution >= 4 is 57.5 Å². The first-order valence-electron chi connectivity index (χ1n) is 12.6. The van der Waals surface area contributed by atoms with E-state index >= 15 is 4.39 Å². The Morgan fingerprint density at radius 3 is 2.61 bits per heavy atom. The zero-order chi connectivity index (χ0) is 26.6. The lowest BCUT2D eigenvalue weighted by molar-refractivity contribution is -0.123. The van der Waals surface area contributed by atoms with Crippen LogP contribution in [0.4, 0.5) is 21.5 Å². The minimum Gasteiger partial charge on any atom is -0.347 e. The van der Waals surface area contributed by atoms with Crippen LogP contribution in [0.3, 0.4) is 0 Å². The van der Waals surface area contributed by atoms with Gasteiger partial charge < -0.3 is 10.2 Å². The molecule has 1 spiro atoms. The molecule has 1 saturated heterocycles. The van der Waals surface area contributed by atoms with Crippen molar-refractivity contribution in [1.82, 2.24) is 5.32 Å². The lowest BCUT2D eigenvalue weighted by atomic mass is 9.75. The van der Waals surface area contributed by atoms with Gasteiger partial charge in [-0.05, 0) is 104 Å². The molecular weight excluding hydrogens is 519 g/mol. The van der Waals surface area contributed by atoms with Crippen LogP contribution in [0, 0.1) is 19.3 Å². The first kappa shape index (κ1) is 24.7. The number of rotatable bonds is 6. The van der Waals surface area contributed by atoms with Gasteiger partial charge >= 0.3 is 0 Å². The van der Waals surface area contributed by atoms with Crippen molar-refractivity contribution in [1.29, 1.82) is 0 Å². The maximum absolute atomic E-state index is 15.3. The summed E-state index contributed by atoms with van der Waals surface area (Å²) < 4.78 is 15.3. The number of aryl methyl sites for hydroxylation is 1. The van der Waals surface area contributed by atoms with Crippen LogP contribution in [0.15, 0.2) is 47.8 Å². The average molecular weight is 545 g/mol. The first-order valence-corrected chi connectivity index (χ1v) is 13.9. The molecule has 0 unspecified atom stereocenters. The molecule has 2 saturated carbocycles. The van der Waals surface area contributed by atoms with Gasteiger partial charge in [0.25, 0.3) is 11.8 Å². The molecule has 6 rings (SSSR count). The molecule has 3 fully saturated rings. The van der Waals surface area contributed by atoms with Crippen molar-refractivity contribution in [2.24, 2.45) is 0 Å². The van der Waals surface area contributed by atoms with Crippen LogP contribution in [0.25, 0.3) is 4.85 Å². The lowest BCUT2D eigenvalue weighted by Crippen LogP contribution is -2.55. The summed E-state index contributed by atoms with van der Waals surface area (Å²) in [5.41, 5.74) is 3.04. The Morgan fingerprint density at radius 2 is 1.97 bits per heavy atom. The van der Waals surface area contributed by atoms with Gasteiger partial charge in [-0.25, -0.2) is 9.24 Å². The highest BCUT2D eigenvalue weighted by molar-refractivity contribution is 7.81. The second kappa shape index (κ2) is 9.29. The van der Waals surface area contributed by atoms with Gasteiger partial charge in [-0.2, -0.15) is 0 Å². The predicted octanol–water partition coefficient (Wildman–Crippen LogP) is 6.61. The highest BCUT2D eigenvalue weighted by Gasteiger charge is 2.59. The zero-order valence-corrected chi connectivity index (χ0v) is 22.4. The monoisotopic (exact) mass is 544 g/mol. The summed E-state index contributed by atoms with van der Waals surface area (Å²) in [6.07, 6.45) is 4.36. The molecular formula is C29H25FN4O2S2. The molecule has 192 valence electrons. The number of hydrogen-bond donors (Lipinski definition) is 1. The Balaban J connectivity index is 1.24. The summed E-state index contributed by atoms with van der Waals surface area (Å²) in [4.78, 5) is 34.0. The van der Waals surface area contributed by atoms with Crippen molar-refractivity contribution in [3.63, 3.8) is 0 Å². The van der Waals surface area contributed by atoms with Crippen LogP contribution in [0.5, 0.6) is 0 Å². The molecule has 0 bridgehead atoms. The van der Waals surface area contributed by atoms with Crippen molar-refractivity contribution < 1.29 is 14.0 Å². The number of amides is 2. The van der Waals surface area contributed by atoms with E-state index in [0.717, 1.165) is 30.4 Å². The molecule has 1 N–H and O–H groups in total. The number of carbonyl (C=O) groups excluding carboxylic acids is 2. The maximum atomic E-state index is 15.3. The summed E-state index contributed by atoms with van der Waals surface area (Å²) in [5, 5.41) is 5.09. The molecule has 2 heterocycles. The number of benzene rings is 2. The van der Waals surface area contributed by atoms with Crippen LogP contribution >= 0.6 is 23.6 Å². The van der Waals surface area contributed by atoms with Gasteiger partial charge in [0, 0.05) is 23.5 Å². The Hall–Kier alpha value is -3.61. The average Bonchev–Trinajstić information content (AvgIpc) is 3.54. The molecule has 6 nitrogen and oxygen atoms in total. The number of thiophene rings is 1. The third-order valence-corrected chi connectivity index (χ3v) is 9.10. The van der Waals surface area contributed by atoms with E-state index in [1.54, 1.807) is 35.2 Å². The summed E-state index contributed by atoms with van der Waals surface area (Å²) in [6.45, 7) is 9.20.